The van der Waals surface area contributed by atoms with Gasteiger partial charge in [0.15, 0.2) is 0 Å². The molecule has 1 atom stereocenters. The Morgan fingerprint density at radius 2 is 2.11 bits per heavy atom. The molecule has 0 bridgehead atoms. The molecule has 1 N–H and O–H groups in total. The van der Waals surface area contributed by atoms with Crippen molar-refractivity contribution in [3.8, 4) is 0 Å². The Morgan fingerprint density at radius 1 is 1.39 bits per heavy atom. The van der Waals surface area contributed by atoms with Gasteiger partial charge >= 0.3 is 0 Å². The van der Waals surface area contributed by atoms with Gasteiger partial charge in [-0.25, -0.2) is 0 Å². The summed E-state index contributed by atoms with van der Waals surface area (Å²) in [6, 6.07) is 0.604. The van der Waals surface area contributed by atoms with Crippen molar-refractivity contribution in [3.05, 3.63) is 12.2 Å². The molecular formula is C13H25N5. The van der Waals surface area contributed by atoms with Gasteiger partial charge in [0.05, 0.1) is 0 Å². The van der Waals surface area contributed by atoms with Crippen molar-refractivity contribution in [1.29, 1.82) is 0 Å². The van der Waals surface area contributed by atoms with E-state index in [1.54, 1.807) is 6.33 Å². The summed E-state index contributed by atoms with van der Waals surface area (Å²) < 4.78 is 1.99. The van der Waals surface area contributed by atoms with Crippen LogP contribution >= 0.6 is 0 Å². The minimum absolute atomic E-state index is 0.604. The van der Waals surface area contributed by atoms with Crippen LogP contribution in [-0.4, -0.2) is 52.4 Å². The van der Waals surface area contributed by atoms with Gasteiger partial charge in [0.2, 0.25) is 0 Å². The molecule has 5 nitrogen and oxygen atoms in total. The number of hydrogen-bond acceptors (Lipinski definition) is 4. The number of likely N-dealkylation sites (tertiary alicyclic amines) is 1. The molecule has 0 radical (unpaired) electrons. The van der Waals surface area contributed by atoms with Gasteiger partial charge in [0.1, 0.15) is 12.2 Å². The summed E-state index contributed by atoms with van der Waals surface area (Å²) in [5.41, 5.74) is 0. The Bertz CT molecular complexity index is 354. The Balaban J connectivity index is 1.68. The Labute approximate surface area is 110 Å². The van der Waals surface area contributed by atoms with Crippen LogP contribution in [0.5, 0.6) is 0 Å². The highest BCUT2D eigenvalue weighted by Gasteiger charge is 2.21. The van der Waals surface area contributed by atoms with E-state index in [4.69, 9.17) is 0 Å². The lowest BCUT2D eigenvalue weighted by Gasteiger charge is -2.33. The summed E-state index contributed by atoms with van der Waals surface area (Å²) in [5, 5.41) is 11.6. The predicted molar refractivity (Wildman–Crippen MR) is 72.4 cm³/mol. The molecule has 1 aliphatic rings. The van der Waals surface area contributed by atoms with E-state index < -0.39 is 0 Å². The zero-order valence-corrected chi connectivity index (χ0v) is 11.8. The fourth-order valence-electron chi connectivity index (χ4n) is 2.64. The van der Waals surface area contributed by atoms with E-state index in [0.717, 1.165) is 24.7 Å². The zero-order chi connectivity index (χ0) is 13.0. The molecule has 5 heteroatoms. The van der Waals surface area contributed by atoms with Crippen LogP contribution in [-0.2, 0) is 13.5 Å². The second-order valence-corrected chi connectivity index (χ2v) is 5.49. The molecule has 2 rings (SSSR count). The topological polar surface area (TPSA) is 46.0 Å². The lowest BCUT2D eigenvalue weighted by Crippen LogP contribution is -2.41. The highest BCUT2D eigenvalue weighted by Crippen LogP contribution is 2.19. The van der Waals surface area contributed by atoms with E-state index in [2.05, 4.69) is 34.4 Å². The van der Waals surface area contributed by atoms with Crippen molar-refractivity contribution in [3.63, 3.8) is 0 Å². The fourth-order valence-corrected chi connectivity index (χ4v) is 2.64. The van der Waals surface area contributed by atoms with E-state index in [-0.39, 0.29) is 0 Å². The van der Waals surface area contributed by atoms with E-state index in [1.165, 1.54) is 25.9 Å². The van der Waals surface area contributed by atoms with Gasteiger partial charge in [-0.2, -0.15) is 0 Å². The third-order valence-electron chi connectivity index (χ3n) is 4.09. The molecule has 1 aliphatic heterocycles. The molecule has 0 aromatic carbocycles. The Morgan fingerprint density at radius 3 is 2.72 bits per heavy atom. The molecule has 2 heterocycles. The average molecular weight is 251 g/mol. The first kappa shape index (κ1) is 13.5. The van der Waals surface area contributed by atoms with Crippen LogP contribution in [0.2, 0.25) is 0 Å². The standard InChI is InChI=1S/C13H25N5/c1-11(12-5-8-17(2)9-6-12)14-7-4-13-16-15-10-18(13)3/h10-12,14H,4-9H2,1-3H3. The maximum absolute atomic E-state index is 4.10. The molecule has 1 aromatic rings. The second kappa shape index (κ2) is 6.29. The molecule has 18 heavy (non-hydrogen) atoms. The van der Waals surface area contributed by atoms with Crippen LogP contribution in [0.25, 0.3) is 0 Å². The number of nitrogens with one attached hydrogen (secondary N) is 1. The predicted octanol–water partition coefficient (Wildman–Crippen LogP) is 0.677. The molecule has 1 unspecified atom stereocenters. The summed E-state index contributed by atoms with van der Waals surface area (Å²) in [7, 11) is 4.21. The van der Waals surface area contributed by atoms with Gasteiger partial charge in [-0.05, 0) is 45.8 Å². The van der Waals surface area contributed by atoms with Crippen LogP contribution in [0.4, 0.5) is 0 Å². The van der Waals surface area contributed by atoms with E-state index in [1.807, 2.05) is 11.6 Å². The normalized spacial score (nSPS) is 20.2. The van der Waals surface area contributed by atoms with Gasteiger partial charge in [0.25, 0.3) is 0 Å². The van der Waals surface area contributed by atoms with Crippen LogP contribution < -0.4 is 5.32 Å². The fraction of sp³-hybridized carbons (Fsp3) is 0.846. The molecule has 1 fully saturated rings. The number of hydrogen-bond donors (Lipinski definition) is 1. The maximum atomic E-state index is 4.10. The number of rotatable bonds is 5. The third-order valence-corrected chi connectivity index (χ3v) is 4.09. The van der Waals surface area contributed by atoms with Crippen molar-refractivity contribution < 1.29 is 0 Å². The molecule has 1 aromatic heterocycles. The van der Waals surface area contributed by atoms with E-state index in [9.17, 15) is 0 Å². The van der Waals surface area contributed by atoms with Gasteiger partial charge in [0, 0.05) is 26.1 Å². The lowest BCUT2D eigenvalue weighted by molar-refractivity contribution is 0.190. The largest absolute Gasteiger partial charge is 0.321 e. The third kappa shape index (κ3) is 3.53. The monoisotopic (exact) mass is 251 g/mol. The van der Waals surface area contributed by atoms with Gasteiger partial charge < -0.3 is 14.8 Å². The van der Waals surface area contributed by atoms with Gasteiger partial charge in [-0.1, -0.05) is 0 Å². The highest BCUT2D eigenvalue weighted by molar-refractivity contribution is 4.86. The minimum Gasteiger partial charge on any atom is -0.321 e. The first-order valence-electron chi connectivity index (χ1n) is 6.91. The minimum atomic E-state index is 0.604. The van der Waals surface area contributed by atoms with Crippen LogP contribution in [0.15, 0.2) is 6.33 Å². The molecule has 0 amide bonds. The average Bonchev–Trinajstić information content (AvgIpc) is 2.76. The Hall–Kier alpha value is -0.940. The van der Waals surface area contributed by atoms with Crippen LogP contribution in [0.3, 0.4) is 0 Å². The zero-order valence-electron chi connectivity index (χ0n) is 11.8. The summed E-state index contributed by atoms with van der Waals surface area (Å²) >= 11 is 0. The second-order valence-electron chi connectivity index (χ2n) is 5.49. The summed E-state index contributed by atoms with van der Waals surface area (Å²) in [5.74, 6) is 1.87. The smallest absolute Gasteiger partial charge is 0.133 e. The first-order chi connectivity index (χ1) is 8.66. The number of piperidine rings is 1. The molecule has 0 saturated carbocycles. The summed E-state index contributed by atoms with van der Waals surface area (Å²) in [6.45, 7) is 5.77. The van der Waals surface area contributed by atoms with Gasteiger partial charge in [-0.15, -0.1) is 10.2 Å². The Kier molecular flexibility index (Phi) is 4.72. The molecule has 102 valence electrons. The van der Waals surface area contributed by atoms with Crippen LogP contribution in [0, 0.1) is 5.92 Å². The lowest BCUT2D eigenvalue weighted by atomic mass is 9.90. The molecule has 0 aliphatic carbocycles. The maximum Gasteiger partial charge on any atom is 0.133 e. The van der Waals surface area contributed by atoms with Crippen molar-refractivity contribution in [2.75, 3.05) is 26.7 Å². The number of aromatic nitrogens is 3. The van der Waals surface area contributed by atoms with Gasteiger partial charge in [-0.3, -0.25) is 0 Å². The SMILES string of the molecule is CC(NCCc1nncn1C)C1CCN(C)CC1. The van der Waals surface area contributed by atoms with Crippen LogP contribution in [0.1, 0.15) is 25.6 Å². The van der Waals surface area contributed by atoms with Crippen molar-refractivity contribution in [2.45, 2.75) is 32.2 Å². The van der Waals surface area contributed by atoms with Crippen molar-refractivity contribution >= 4 is 0 Å². The quantitative estimate of drug-likeness (QED) is 0.836. The molecular weight excluding hydrogens is 226 g/mol. The highest BCUT2D eigenvalue weighted by atomic mass is 15.2. The number of nitrogens with zero attached hydrogens (tertiary/aromatic N) is 4. The number of aryl methyl sites for hydroxylation is 1. The molecule has 1 saturated heterocycles. The van der Waals surface area contributed by atoms with E-state index >= 15 is 0 Å². The first-order valence-corrected chi connectivity index (χ1v) is 6.91. The summed E-state index contributed by atoms with van der Waals surface area (Å²) in [6.07, 6.45) is 5.34. The molecule has 0 spiro atoms. The van der Waals surface area contributed by atoms with Crippen molar-refractivity contribution in [1.82, 2.24) is 25.0 Å². The van der Waals surface area contributed by atoms with E-state index in [0.29, 0.717) is 6.04 Å². The summed E-state index contributed by atoms with van der Waals surface area (Å²) in [4.78, 5) is 2.42. The van der Waals surface area contributed by atoms with Crippen molar-refractivity contribution in [2.24, 2.45) is 13.0 Å².